The molecule has 4 heterocycles. The van der Waals surface area contributed by atoms with E-state index in [-0.39, 0.29) is 0 Å². The van der Waals surface area contributed by atoms with Crippen LogP contribution in [0.4, 0.5) is 5.69 Å². The third kappa shape index (κ3) is 3.63. The van der Waals surface area contributed by atoms with Gasteiger partial charge in [0.2, 0.25) is 5.88 Å². The molecule has 0 amide bonds. The van der Waals surface area contributed by atoms with Crippen LogP contribution in [0.3, 0.4) is 0 Å². The van der Waals surface area contributed by atoms with Gasteiger partial charge in [0.25, 0.3) is 0 Å². The zero-order chi connectivity index (χ0) is 18.1. The molecule has 7 heteroatoms. The summed E-state index contributed by atoms with van der Waals surface area (Å²) in [7, 11) is 0. The number of ether oxygens (including phenoxy) is 1. The number of aromatic nitrogens is 5. The van der Waals surface area contributed by atoms with Gasteiger partial charge < -0.3 is 9.64 Å². The molecule has 0 spiro atoms. The van der Waals surface area contributed by atoms with Crippen molar-refractivity contribution in [1.82, 2.24) is 24.7 Å². The highest BCUT2D eigenvalue weighted by Gasteiger charge is 2.27. The van der Waals surface area contributed by atoms with Crippen LogP contribution in [-0.4, -0.2) is 44.4 Å². The summed E-state index contributed by atoms with van der Waals surface area (Å²) < 4.78 is 7.72. The summed E-state index contributed by atoms with van der Waals surface area (Å²) in [6.07, 6.45) is 10.9. The molecular formula is C20H22N6O. The Balaban J connectivity index is 1.17. The average Bonchev–Trinajstić information content (AvgIpc) is 3.22. The van der Waals surface area contributed by atoms with Crippen LogP contribution in [-0.2, 0) is 0 Å². The van der Waals surface area contributed by atoms with Crippen molar-refractivity contribution < 1.29 is 4.74 Å². The Bertz CT molecular complexity index is 891. The van der Waals surface area contributed by atoms with Gasteiger partial charge in [-0.05, 0) is 37.5 Å². The molecule has 2 aliphatic rings. The van der Waals surface area contributed by atoms with Gasteiger partial charge in [-0.1, -0.05) is 0 Å². The Morgan fingerprint density at radius 3 is 2.81 bits per heavy atom. The Labute approximate surface area is 158 Å². The maximum Gasteiger partial charge on any atom is 0.216 e. The Morgan fingerprint density at radius 1 is 1.07 bits per heavy atom. The highest BCUT2D eigenvalue weighted by Crippen LogP contribution is 2.38. The fraction of sp³-hybridized carbons (Fsp3) is 0.400. The lowest BCUT2D eigenvalue weighted by molar-refractivity contribution is 0.251. The molecule has 1 aliphatic heterocycles. The lowest BCUT2D eigenvalue weighted by Gasteiger charge is -2.18. The van der Waals surface area contributed by atoms with Crippen molar-refractivity contribution in [3.8, 4) is 11.7 Å². The van der Waals surface area contributed by atoms with Gasteiger partial charge in [0.15, 0.2) is 5.82 Å². The number of hydrogen-bond acceptors (Lipinski definition) is 6. The molecule has 1 unspecified atom stereocenters. The van der Waals surface area contributed by atoms with E-state index in [9.17, 15) is 0 Å². The van der Waals surface area contributed by atoms with Crippen molar-refractivity contribution in [2.24, 2.45) is 5.92 Å². The number of rotatable bonds is 6. The topological polar surface area (TPSA) is 69.0 Å². The molecule has 1 saturated carbocycles. The lowest BCUT2D eigenvalue weighted by atomic mass is 10.1. The second-order valence-electron chi connectivity index (χ2n) is 7.26. The van der Waals surface area contributed by atoms with E-state index in [0.717, 1.165) is 36.8 Å². The summed E-state index contributed by atoms with van der Waals surface area (Å²) in [5.74, 6) is 3.51. The normalized spacial score (nSPS) is 19.4. The summed E-state index contributed by atoms with van der Waals surface area (Å²) in [4.78, 5) is 15.8. The van der Waals surface area contributed by atoms with Crippen LogP contribution < -0.4 is 9.64 Å². The SMILES string of the molecule is c1cnn(-c2ccc(N3CCC(COc4ccnc(C5CC5)n4)C3)cn2)c1. The van der Waals surface area contributed by atoms with E-state index in [1.165, 1.54) is 12.8 Å². The van der Waals surface area contributed by atoms with Crippen molar-refractivity contribution in [2.45, 2.75) is 25.2 Å². The Hall–Kier alpha value is -2.96. The third-order valence-corrected chi connectivity index (χ3v) is 5.18. The largest absolute Gasteiger partial charge is 0.477 e. The first kappa shape index (κ1) is 16.2. The maximum absolute atomic E-state index is 5.96. The predicted molar refractivity (Wildman–Crippen MR) is 101 cm³/mol. The van der Waals surface area contributed by atoms with Crippen LogP contribution in [0, 0.1) is 5.92 Å². The van der Waals surface area contributed by atoms with Crippen LogP contribution >= 0.6 is 0 Å². The van der Waals surface area contributed by atoms with Gasteiger partial charge in [0.05, 0.1) is 18.5 Å². The summed E-state index contributed by atoms with van der Waals surface area (Å²) in [6.45, 7) is 2.69. The van der Waals surface area contributed by atoms with Crippen LogP contribution in [0.25, 0.3) is 5.82 Å². The van der Waals surface area contributed by atoms with Crippen LogP contribution in [0.1, 0.15) is 31.0 Å². The molecule has 1 saturated heterocycles. The lowest BCUT2D eigenvalue weighted by Crippen LogP contribution is -2.22. The number of pyridine rings is 1. The van der Waals surface area contributed by atoms with Gasteiger partial charge in [-0.25, -0.2) is 14.6 Å². The number of hydrogen-bond donors (Lipinski definition) is 0. The van der Waals surface area contributed by atoms with Crippen molar-refractivity contribution >= 4 is 5.69 Å². The van der Waals surface area contributed by atoms with Crippen LogP contribution in [0.2, 0.25) is 0 Å². The highest BCUT2D eigenvalue weighted by molar-refractivity contribution is 5.47. The van der Waals surface area contributed by atoms with Crippen molar-refractivity contribution in [3.63, 3.8) is 0 Å². The molecule has 3 aromatic heterocycles. The molecule has 0 aromatic carbocycles. The van der Waals surface area contributed by atoms with E-state index in [4.69, 9.17) is 4.74 Å². The molecule has 1 aliphatic carbocycles. The molecule has 7 nitrogen and oxygen atoms in total. The van der Waals surface area contributed by atoms with E-state index < -0.39 is 0 Å². The fourth-order valence-corrected chi connectivity index (χ4v) is 3.49. The minimum absolute atomic E-state index is 0.495. The first-order valence-corrected chi connectivity index (χ1v) is 9.52. The molecule has 1 atom stereocenters. The van der Waals surface area contributed by atoms with Crippen molar-refractivity contribution in [3.05, 3.63) is 54.9 Å². The van der Waals surface area contributed by atoms with E-state index in [1.807, 2.05) is 36.8 Å². The fourth-order valence-electron chi connectivity index (χ4n) is 3.49. The molecule has 2 fully saturated rings. The van der Waals surface area contributed by atoms with Gasteiger partial charge in [-0.2, -0.15) is 10.1 Å². The Morgan fingerprint density at radius 2 is 2.04 bits per heavy atom. The first-order chi connectivity index (χ1) is 13.3. The van der Waals surface area contributed by atoms with Crippen LogP contribution in [0.5, 0.6) is 5.88 Å². The monoisotopic (exact) mass is 362 g/mol. The van der Waals surface area contributed by atoms with Gasteiger partial charge in [-0.3, -0.25) is 0 Å². The van der Waals surface area contributed by atoms with Crippen molar-refractivity contribution in [1.29, 1.82) is 0 Å². The average molecular weight is 362 g/mol. The minimum atomic E-state index is 0.495. The molecule has 0 N–H and O–H groups in total. The van der Waals surface area contributed by atoms with Crippen molar-refractivity contribution in [2.75, 3.05) is 24.6 Å². The second kappa shape index (κ2) is 6.98. The highest BCUT2D eigenvalue weighted by atomic mass is 16.5. The smallest absolute Gasteiger partial charge is 0.216 e. The Kier molecular flexibility index (Phi) is 4.20. The van der Waals surface area contributed by atoms with Gasteiger partial charge >= 0.3 is 0 Å². The molecule has 0 bridgehead atoms. The van der Waals surface area contributed by atoms with E-state index in [1.54, 1.807) is 10.9 Å². The molecule has 5 rings (SSSR count). The molecule has 3 aromatic rings. The second-order valence-corrected chi connectivity index (χ2v) is 7.26. The first-order valence-electron chi connectivity index (χ1n) is 9.52. The minimum Gasteiger partial charge on any atom is -0.477 e. The standard InChI is InChI=1S/C20H22N6O/c1-8-23-26(10-1)18-5-4-17(12-22-18)25-11-7-15(13-25)14-27-19-6-9-21-20(24-19)16-2-3-16/h1,4-6,8-10,12,15-16H,2-3,7,11,13-14H2. The van der Waals surface area contributed by atoms with E-state index in [2.05, 4.69) is 31.0 Å². The summed E-state index contributed by atoms with van der Waals surface area (Å²) >= 11 is 0. The van der Waals surface area contributed by atoms with Gasteiger partial charge in [0, 0.05) is 49.6 Å². The molecular weight excluding hydrogens is 340 g/mol. The third-order valence-electron chi connectivity index (χ3n) is 5.18. The summed E-state index contributed by atoms with van der Waals surface area (Å²) in [6, 6.07) is 7.87. The zero-order valence-corrected chi connectivity index (χ0v) is 15.1. The maximum atomic E-state index is 5.96. The van der Waals surface area contributed by atoms with E-state index in [0.29, 0.717) is 24.3 Å². The zero-order valence-electron chi connectivity index (χ0n) is 15.1. The molecule has 138 valence electrons. The van der Waals surface area contributed by atoms with Crippen LogP contribution in [0.15, 0.2) is 49.1 Å². The van der Waals surface area contributed by atoms with Gasteiger partial charge in [0.1, 0.15) is 5.82 Å². The van der Waals surface area contributed by atoms with Gasteiger partial charge in [-0.15, -0.1) is 0 Å². The summed E-state index contributed by atoms with van der Waals surface area (Å²) in [5, 5.41) is 4.21. The number of anilines is 1. The quantitative estimate of drug-likeness (QED) is 0.672. The summed E-state index contributed by atoms with van der Waals surface area (Å²) in [5.41, 5.74) is 1.14. The number of nitrogens with zero attached hydrogens (tertiary/aromatic N) is 6. The van der Waals surface area contributed by atoms with E-state index >= 15 is 0 Å². The predicted octanol–water partition coefficient (Wildman–Crippen LogP) is 2.84. The molecule has 0 radical (unpaired) electrons. The molecule has 27 heavy (non-hydrogen) atoms.